The molecule has 1 aliphatic carbocycles. The zero-order valence-electron chi connectivity index (χ0n) is 15.2. The molecule has 2 rings (SSSR count). The monoisotopic (exact) mass is 331 g/mol. The minimum Gasteiger partial charge on any atom is -0.452 e. The number of hydrogen-bond acceptors (Lipinski definition) is 3. The molecule has 0 unspecified atom stereocenters. The fourth-order valence-electron chi connectivity index (χ4n) is 3.20. The van der Waals surface area contributed by atoms with Crippen molar-refractivity contribution in [2.75, 3.05) is 0 Å². The number of rotatable bonds is 5. The maximum Gasteiger partial charge on any atom is 0.311 e. The molecule has 0 aliphatic heterocycles. The Hall–Kier alpha value is -1.84. The normalized spacial score (nSPS) is 21.8. The fourth-order valence-corrected chi connectivity index (χ4v) is 3.20. The third-order valence-corrected chi connectivity index (χ3v) is 5.04. The summed E-state index contributed by atoms with van der Waals surface area (Å²) < 4.78 is 5.31. The Balaban J connectivity index is 1.83. The van der Waals surface area contributed by atoms with E-state index in [9.17, 15) is 9.59 Å². The van der Waals surface area contributed by atoms with Crippen molar-refractivity contribution in [3.8, 4) is 0 Å². The number of carbonyl (C=O) groups is 2. The second-order valence-corrected chi connectivity index (χ2v) is 7.10. The number of hydrogen-bond donors (Lipinski definition) is 1. The molecule has 24 heavy (non-hydrogen) atoms. The van der Waals surface area contributed by atoms with Crippen LogP contribution in [0, 0.1) is 19.8 Å². The first-order valence-corrected chi connectivity index (χ1v) is 8.93. The van der Waals surface area contributed by atoms with Gasteiger partial charge in [-0.25, -0.2) is 0 Å². The van der Waals surface area contributed by atoms with Crippen molar-refractivity contribution in [1.82, 2.24) is 5.32 Å². The van der Waals surface area contributed by atoms with Crippen LogP contribution >= 0.6 is 0 Å². The van der Waals surface area contributed by atoms with Crippen molar-refractivity contribution in [1.29, 1.82) is 0 Å². The summed E-state index contributed by atoms with van der Waals surface area (Å²) in [5.74, 6) is -0.0686. The SMILES string of the molecule is Cc1ccc(CC(=O)O[C@H](C)C(=O)N[C@@H]2CCCC[C@@H]2C)cc1C. The van der Waals surface area contributed by atoms with Crippen LogP contribution in [-0.2, 0) is 20.7 Å². The quantitative estimate of drug-likeness (QED) is 0.841. The third-order valence-electron chi connectivity index (χ3n) is 5.04. The summed E-state index contributed by atoms with van der Waals surface area (Å²) in [6.45, 7) is 7.86. The van der Waals surface area contributed by atoms with Crippen molar-refractivity contribution in [2.45, 2.75) is 71.9 Å². The van der Waals surface area contributed by atoms with E-state index in [0.29, 0.717) is 5.92 Å². The molecule has 0 heterocycles. The van der Waals surface area contributed by atoms with Crippen LogP contribution in [0.3, 0.4) is 0 Å². The van der Waals surface area contributed by atoms with E-state index < -0.39 is 6.10 Å². The van der Waals surface area contributed by atoms with Gasteiger partial charge in [0.15, 0.2) is 6.10 Å². The Morgan fingerprint density at radius 1 is 1.21 bits per heavy atom. The summed E-state index contributed by atoms with van der Waals surface area (Å²) in [6.07, 6.45) is 3.98. The molecule has 3 atom stereocenters. The summed E-state index contributed by atoms with van der Waals surface area (Å²) in [5.41, 5.74) is 3.26. The van der Waals surface area contributed by atoms with Crippen LogP contribution in [0.15, 0.2) is 18.2 Å². The van der Waals surface area contributed by atoms with Crippen LogP contribution in [0.1, 0.15) is 56.2 Å². The minimum atomic E-state index is -0.752. The van der Waals surface area contributed by atoms with Gasteiger partial charge in [-0.15, -0.1) is 0 Å². The predicted octanol–water partition coefficient (Wildman–Crippen LogP) is 3.47. The molecule has 4 heteroatoms. The Bertz CT molecular complexity index is 597. The van der Waals surface area contributed by atoms with Gasteiger partial charge in [0.1, 0.15) is 0 Å². The minimum absolute atomic E-state index is 0.192. The first kappa shape index (κ1) is 18.5. The van der Waals surface area contributed by atoms with Gasteiger partial charge in [0, 0.05) is 6.04 Å². The van der Waals surface area contributed by atoms with E-state index in [1.54, 1.807) is 6.92 Å². The lowest BCUT2D eigenvalue weighted by Crippen LogP contribution is -2.46. The number of nitrogens with one attached hydrogen (secondary N) is 1. The molecule has 132 valence electrons. The number of benzene rings is 1. The molecular formula is C20H29NO3. The zero-order chi connectivity index (χ0) is 17.7. The van der Waals surface area contributed by atoms with Crippen molar-refractivity contribution < 1.29 is 14.3 Å². The van der Waals surface area contributed by atoms with E-state index >= 15 is 0 Å². The van der Waals surface area contributed by atoms with Gasteiger partial charge < -0.3 is 10.1 Å². The van der Waals surface area contributed by atoms with Crippen LogP contribution in [-0.4, -0.2) is 24.0 Å². The molecule has 4 nitrogen and oxygen atoms in total. The van der Waals surface area contributed by atoms with Crippen molar-refractivity contribution >= 4 is 11.9 Å². The van der Waals surface area contributed by atoms with Crippen molar-refractivity contribution in [2.24, 2.45) is 5.92 Å². The van der Waals surface area contributed by atoms with Crippen LogP contribution in [0.5, 0.6) is 0 Å². The number of aryl methyl sites for hydroxylation is 2. The Kier molecular flexibility index (Phi) is 6.41. The van der Waals surface area contributed by atoms with E-state index in [1.165, 1.54) is 12.0 Å². The van der Waals surface area contributed by atoms with E-state index in [1.807, 2.05) is 32.0 Å². The maximum atomic E-state index is 12.3. The highest BCUT2D eigenvalue weighted by molar-refractivity contribution is 5.84. The smallest absolute Gasteiger partial charge is 0.311 e. The molecule has 1 saturated carbocycles. The first-order chi connectivity index (χ1) is 11.4. The molecular weight excluding hydrogens is 302 g/mol. The van der Waals surface area contributed by atoms with Gasteiger partial charge in [-0.3, -0.25) is 9.59 Å². The zero-order valence-corrected chi connectivity index (χ0v) is 15.2. The number of ether oxygens (including phenoxy) is 1. The lowest BCUT2D eigenvalue weighted by atomic mass is 9.86. The average molecular weight is 331 g/mol. The Morgan fingerprint density at radius 2 is 1.92 bits per heavy atom. The molecule has 1 N–H and O–H groups in total. The standard InChI is InChI=1S/C20H29NO3/c1-13-9-10-17(11-15(13)3)12-19(22)24-16(4)20(23)21-18-8-6-5-7-14(18)2/h9-11,14,16,18H,5-8,12H2,1-4H3,(H,21,23)/t14-,16+,18+/m0/s1. The Labute approximate surface area is 145 Å². The molecule has 0 spiro atoms. The summed E-state index contributed by atoms with van der Waals surface area (Å²) in [7, 11) is 0. The number of esters is 1. The van der Waals surface area contributed by atoms with E-state index in [2.05, 4.69) is 12.2 Å². The topological polar surface area (TPSA) is 55.4 Å². The number of carbonyl (C=O) groups excluding carboxylic acids is 2. The van der Waals surface area contributed by atoms with E-state index in [0.717, 1.165) is 30.4 Å². The average Bonchev–Trinajstić information content (AvgIpc) is 2.53. The highest BCUT2D eigenvalue weighted by atomic mass is 16.5. The molecule has 1 aliphatic rings. The molecule has 0 bridgehead atoms. The maximum absolute atomic E-state index is 12.3. The van der Waals surface area contributed by atoms with Gasteiger partial charge in [-0.2, -0.15) is 0 Å². The van der Waals surface area contributed by atoms with Gasteiger partial charge in [-0.1, -0.05) is 38.0 Å². The molecule has 1 fully saturated rings. The van der Waals surface area contributed by atoms with Crippen molar-refractivity contribution in [3.05, 3.63) is 34.9 Å². The van der Waals surface area contributed by atoms with Gasteiger partial charge >= 0.3 is 5.97 Å². The van der Waals surface area contributed by atoms with Crippen LogP contribution in [0.4, 0.5) is 0 Å². The second-order valence-electron chi connectivity index (χ2n) is 7.10. The lowest BCUT2D eigenvalue weighted by Gasteiger charge is -2.30. The third kappa shape index (κ3) is 5.08. The van der Waals surface area contributed by atoms with Crippen LogP contribution < -0.4 is 5.32 Å². The highest BCUT2D eigenvalue weighted by Crippen LogP contribution is 2.23. The van der Waals surface area contributed by atoms with E-state index in [-0.39, 0.29) is 24.3 Å². The summed E-state index contributed by atoms with van der Waals surface area (Å²) in [5, 5.41) is 3.04. The summed E-state index contributed by atoms with van der Waals surface area (Å²) in [6, 6.07) is 6.12. The Morgan fingerprint density at radius 3 is 2.58 bits per heavy atom. The van der Waals surface area contributed by atoms with Gasteiger partial charge in [0.05, 0.1) is 6.42 Å². The number of amides is 1. The molecule has 1 aromatic rings. The molecule has 0 aromatic heterocycles. The first-order valence-electron chi connectivity index (χ1n) is 8.93. The molecule has 1 aromatic carbocycles. The predicted molar refractivity (Wildman–Crippen MR) is 94.7 cm³/mol. The van der Waals surface area contributed by atoms with Gasteiger partial charge in [-0.05, 0) is 56.2 Å². The molecule has 0 radical (unpaired) electrons. The lowest BCUT2D eigenvalue weighted by molar-refractivity contribution is -0.154. The van der Waals surface area contributed by atoms with Crippen molar-refractivity contribution in [3.63, 3.8) is 0 Å². The van der Waals surface area contributed by atoms with Crippen LogP contribution in [0.25, 0.3) is 0 Å². The molecule has 1 amide bonds. The van der Waals surface area contributed by atoms with Crippen LogP contribution in [0.2, 0.25) is 0 Å². The summed E-state index contributed by atoms with van der Waals surface area (Å²) >= 11 is 0. The fraction of sp³-hybridized carbons (Fsp3) is 0.600. The van der Waals surface area contributed by atoms with Gasteiger partial charge in [0.2, 0.25) is 0 Å². The highest BCUT2D eigenvalue weighted by Gasteiger charge is 2.26. The molecule has 0 saturated heterocycles. The largest absolute Gasteiger partial charge is 0.452 e. The second kappa shape index (κ2) is 8.32. The summed E-state index contributed by atoms with van der Waals surface area (Å²) in [4.78, 5) is 24.3. The van der Waals surface area contributed by atoms with Gasteiger partial charge in [0.25, 0.3) is 5.91 Å². The van der Waals surface area contributed by atoms with E-state index in [4.69, 9.17) is 4.74 Å².